The predicted octanol–water partition coefficient (Wildman–Crippen LogP) is 4.02. The molecule has 2 aromatic carbocycles. The van der Waals surface area contributed by atoms with Gasteiger partial charge >= 0.3 is 5.97 Å². The average molecular weight is 492 g/mol. The van der Waals surface area contributed by atoms with Crippen molar-refractivity contribution in [2.75, 3.05) is 18.5 Å². The van der Waals surface area contributed by atoms with Crippen molar-refractivity contribution < 1.29 is 14.3 Å². The van der Waals surface area contributed by atoms with Crippen LogP contribution >= 0.6 is 11.6 Å². The lowest BCUT2D eigenvalue weighted by molar-refractivity contribution is -0.140. The number of carbonyl (C=O) groups is 2. The Morgan fingerprint density at radius 1 is 1.09 bits per heavy atom. The molecular formula is C26H26ClN5O3. The molecule has 4 aromatic rings. The van der Waals surface area contributed by atoms with Gasteiger partial charge in [-0.25, -0.2) is 4.98 Å². The number of hydrogen-bond donors (Lipinski definition) is 3. The summed E-state index contributed by atoms with van der Waals surface area (Å²) in [4.78, 5) is 29.5. The molecule has 0 aliphatic rings. The summed E-state index contributed by atoms with van der Waals surface area (Å²) in [7, 11) is 0. The highest BCUT2D eigenvalue weighted by molar-refractivity contribution is 6.30. The molecule has 0 unspecified atom stereocenters. The number of esters is 1. The number of amides is 1. The first-order chi connectivity index (χ1) is 17.0. The highest BCUT2D eigenvalue weighted by Crippen LogP contribution is 2.30. The van der Waals surface area contributed by atoms with E-state index in [1.807, 2.05) is 36.4 Å². The number of pyridine rings is 1. The zero-order valence-corrected chi connectivity index (χ0v) is 20.0. The summed E-state index contributed by atoms with van der Waals surface area (Å²) in [6, 6.07) is 18.5. The van der Waals surface area contributed by atoms with Crippen molar-refractivity contribution in [3.63, 3.8) is 0 Å². The maximum atomic E-state index is 12.8. The van der Waals surface area contributed by atoms with Crippen molar-refractivity contribution in [2.24, 2.45) is 5.73 Å². The van der Waals surface area contributed by atoms with E-state index < -0.39 is 0 Å². The molecule has 4 N–H and O–H groups in total. The number of halogens is 1. The van der Waals surface area contributed by atoms with Crippen LogP contribution in [0.2, 0.25) is 5.02 Å². The lowest BCUT2D eigenvalue weighted by Crippen LogP contribution is -2.23. The normalized spacial score (nSPS) is 10.8. The zero-order valence-electron chi connectivity index (χ0n) is 19.3. The molecule has 4 rings (SSSR count). The van der Waals surface area contributed by atoms with Crippen LogP contribution in [0.4, 0.5) is 5.82 Å². The summed E-state index contributed by atoms with van der Waals surface area (Å²) in [5.74, 6) is -0.00550. The first-order valence-electron chi connectivity index (χ1n) is 11.2. The van der Waals surface area contributed by atoms with E-state index in [-0.39, 0.29) is 18.4 Å². The van der Waals surface area contributed by atoms with Crippen molar-refractivity contribution in [3.05, 3.63) is 88.6 Å². The quantitative estimate of drug-likeness (QED) is 0.305. The number of nitrogens with two attached hydrogens (primary N) is 1. The van der Waals surface area contributed by atoms with Gasteiger partial charge in [0.1, 0.15) is 23.7 Å². The Hall–Kier alpha value is -3.88. The van der Waals surface area contributed by atoms with Gasteiger partial charge in [0.25, 0.3) is 5.91 Å². The maximum Gasteiger partial charge on any atom is 0.325 e. The lowest BCUT2D eigenvalue weighted by atomic mass is 10.1. The molecular weight excluding hydrogens is 466 g/mol. The maximum absolute atomic E-state index is 12.8. The van der Waals surface area contributed by atoms with Crippen molar-refractivity contribution in [2.45, 2.75) is 20.0 Å². The van der Waals surface area contributed by atoms with Crippen LogP contribution in [0.25, 0.3) is 16.9 Å². The van der Waals surface area contributed by atoms with Gasteiger partial charge in [-0.3, -0.25) is 14.0 Å². The van der Waals surface area contributed by atoms with Crippen molar-refractivity contribution >= 4 is 34.9 Å². The minimum atomic E-state index is -0.380. The number of fused-ring (bicyclic) bond motifs is 1. The molecule has 180 valence electrons. The van der Waals surface area contributed by atoms with Crippen LogP contribution in [0, 0.1) is 0 Å². The fourth-order valence-corrected chi connectivity index (χ4v) is 3.90. The second-order valence-corrected chi connectivity index (χ2v) is 8.26. The molecule has 2 heterocycles. The van der Waals surface area contributed by atoms with E-state index in [1.165, 1.54) is 0 Å². The molecule has 0 radical (unpaired) electrons. The van der Waals surface area contributed by atoms with Gasteiger partial charge in [-0.15, -0.1) is 0 Å². The SMILES string of the molecule is CCOC(=O)CNc1c(-c2cccc(Cl)c2)nc2cc(C(=O)NCc3cccc(CN)c3)ccn12. The smallest absolute Gasteiger partial charge is 0.325 e. The predicted molar refractivity (Wildman–Crippen MR) is 136 cm³/mol. The number of rotatable bonds is 9. The summed E-state index contributed by atoms with van der Waals surface area (Å²) in [6.45, 7) is 2.85. The number of aromatic nitrogens is 2. The standard InChI is InChI=1S/C26H26ClN5O3/c1-2-35-23(33)16-29-25-24(19-7-4-8-21(27)12-19)31-22-13-20(9-10-32(22)25)26(34)30-15-18-6-3-5-17(11-18)14-28/h3-13,29H,2,14-16,28H2,1H3,(H,30,34). The van der Waals surface area contributed by atoms with Gasteiger partial charge < -0.3 is 21.1 Å². The second-order valence-electron chi connectivity index (χ2n) is 7.83. The summed E-state index contributed by atoms with van der Waals surface area (Å²) >= 11 is 6.20. The molecule has 9 heteroatoms. The largest absolute Gasteiger partial charge is 0.465 e. The van der Waals surface area contributed by atoms with E-state index in [4.69, 9.17) is 27.1 Å². The minimum absolute atomic E-state index is 0.0285. The van der Waals surface area contributed by atoms with Crippen LogP contribution in [-0.2, 0) is 22.6 Å². The molecule has 0 aliphatic carbocycles. The van der Waals surface area contributed by atoms with E-state index in [1.54, 1.807) is 41.8 Å². The fraction of sp³-hybridized carbons (Fsp3) is 0.192. The van der Waals surface area contributed by atoms with Crippen LogP contribution in [-0.4, -0.2) is 34.4 Å². The van der Waals surface area contributed by atoms with Gasteiger partial charge in [-0.05, 0) is 42.3 Å². The molecule has 35 heavy (non-hydrogen) atoms. The Labute approximate surface area is 208 Å². The third-order valence-corrected chi connectivity index (χ3v) is 5.61. The zero-order chi connectivity index (χ0) is 24.8. The average Bonchev–Trinajstić information content (AvgIpc) is 3.24. The Bertz CT molecular complexity index is 1370. The molecule has 2 aromatic heterocycles. The lowest BCUT2D eigenvalue weighted by Gasteiger charge is -2.10. The minimum Gasteiger partial charge on any atom is -0.465 e. The van der Waals surface area contributed by atoms with Gasteiger partial charge in [-0.2, -0.15) is 0 Å². The third-order valence-electron chi connectivity index (χ3n) is 5.37. The van der Waals surface area contributed by atoms with E-state index in [0.29, 0.717) is 47.4 Å². The number of nitrogens with one attached hydrogen (secondary N) is 2. The van der Waals surface area contributed by atoms with E-state index >= 15 is 0 Å². The monoisotopic (exact) mass is 491 g/mol. The van der Waals surface area contributed by atoms with Crippen LogP contribution in [0.1, 0.15) is 28.4 Å². The van der Waals surface area contributed by atoms with Crippen molar-refractivity contribution in [1.82, 2.24) is 14.7 Å². The Morgan fingerprint density at radius 3 is 2.66 bits per heavy atom. The third kappa shape index (κ3) is 5.79. The Balaban J connectivity index is 1.62. The number of imidazole rings is 1. The number of hydrogen-bond acceptors (Lipinski definition) is 6. The molecule has 1 amide bonds. The van der Waals surface area contributed by atoms with Crippen LogP contribution in [0.3, 0.4) is 0 Å². The second kappa shape index (κ2) is 11.0. The van der Waals surface area contributed by atoms with Gasteiger partial charge in [0, 0.05) is 35.4 Å². The molecule has 0 atom stereocenters. The summed E-state index contributed by atoms with van der Waals surface area (Å²) < 4.78 is 6.82. The molecule has 0 aliphatic heterocycles. The van der Waals surface area contributed by atoms with Crippen molar-refractivity contribution in [1.29, 1.82) is 0 Å². The number of ether oxygens (including phenoxy) is 1. The van der Waals surface area contributed by atoms with Gasteiger partial charge in [-0.1, -0.05) is 48.0 Å². The molecule has 0 spiro atoms. The number of anilines is 1. The van der Waals surface area contributed by atoms with Crippen molar-refractivity contribution in [3.8, 4) is 11.3 Å². The number of benzene rings is 2. The summed E-state index contributed by atoms with van der Waals surface area (Å²) in [6.07, 6.45) is 1.74. The Morgan fingerprint density at radius 2 is 1.89 bits per heavy atom. The molecule has 0 bridgehead atoms. The van der Waals surface area contributed by atoms with E-state index in [2.05, 4.69) is 10.6 Å². The highest BCUT2D eigenvalue weighted by atomic mass is 35.5. The van der Waals surface area contributed by atoms with Crippen LogP contribution in [0.5, 0.6) is 0 Å². The van der Waals surface area contributed by atoms with Gasteiger partial charge in [0.15, 0.2) is 0 Å². The van der Waals surface area contributed by atoms with E-state index in [9.17, 15) is 9.59 Å². The molecule has 0 fully saturated rings. The first-order valence-corrected chi connectivity index (χ1v) is 11.6. The summed E-state index contributed by atoms with van der Waals surface area (Å²) in [5, 5.41) is 6.62. The number of nitrogens with zero attached hydrogens (tertiary/aromatic N) is 2. The molecule has 0 saturated heterocycles. The Kier molecular flexibility index (Phi) is 7.64. The van der Waals surface area contributed by atoms with Crippen LogP contribution < -0.4 is 16.4 Å². The van der Waals surface area contributed by atoms with E-state index in [0.717, 1.165) is 16.7 Å². The summed E-state index contributed by atoms with van der Waals surface area (Å²) in [5.41, 5.74) is 10.1. The van der Waals surface area contributed by atoms with Gasteiger partial charge in [0.05, 0.1) is 6.61 Å². The van der Waals surface area contributed by atoms with Crippen LogP contribution in [0.15, 0.2) is 66.9 Å². The molecule has 8 nitrogen and oxygen atoms in total. The molecule has 0 saturated carbocycles. The van der Waals surface area contributed by atoms with Gasteiger partial charge in [0.2, 0.25) is 0 Å². The number of carbonyl (C=O) groups excluding carboxylic acids is 2. The first kappa shape index (κ1) is 24.3. The highest BCUT2D eigenvalue weighted by Gasteiger charge is 2.17. The topological polar surface area (TPSA) is 111 Å². The fourth-order valence-electron chi connectivity index (χ4n) is 3.71.